The largest absolute Gasteiger partial charge is 0.396 e. The van der Waals surface area contributed by atoms with E-state index in [1.807, 2.05) is 6.07 Å². The molecule has 0 unspecified atom stereocenters. The van der Waals surface area contributed by atoms with E-state index in [0.29, 0.717) is 6.54 Å². The molecule has 0 aliphatic heterocycles. The van der Waals surface area contributed by atoms with Crippen molar-refractivity contribution in [3.63, 3.8) is 0 Å². The van der Waals surface area contributed by atoms with Crippen LogP contribution in [-0.2, 0) is 10.2 Å². The molecule has 110 valence electrons. The lowest BCUT2D eigenvalue weighted by Gasteiger charge is -2.15. The smallest absolute Gasteiger partial charge is 0.230 e. The van der Waals surface area contributed by atoms with Crippen molar-refractivity contribution in [3.05, 3.63) is 35.6 Å². The Morgan fingerprint density at radius 1 is 1.40 bits per heavy atom. The standard InChI is InChI=1S/C15H20FNO2S/c16-13-4-1-3-12(11-13)15(5-6-15)14(19)17-7-10-20-9-2-8-18/h1,3-4,11,18H,2,5-10H2,(H,17,19). The number of aliphatic hydroxyl groups excluding tert-OH is 1. The highest BCUT2D eigenvalue weighted by molar-refractivity contribution is 7.99. The molecule has 3 nitrogen and oxygen atoms in total. The number of amides is 1. The highest BCUT2D eigenvalue weighted by atomic mass is 32.2. The second kappa shape index (κ2) is 7.09. The summed E-state index contributed by atoms with van der Waals surface area (Å²) >= 11 is 1.71. The lowest BCUT2D eigenvalue weighted by molar-refractivity contribution is -0.123. The van der Waals surface area contributed by atoms with Crippen molar-refractivity contribution < 1.29 is 14.3 Å². The molecule has 1 saturated carbocycles. The number of nitrogens with one attached hydrogen (secondary N) is 1. The number of carbonyl (C=O) groups is 1. The van der Waals surface area contributed by atoms with E-state index in [2.05, 4.69) is 5.32 Å². The number of benzene rings is 1. The van der Waals surface area contributed by atoms with E-state index in [1.165, 1.54) is 12.1 Å². The number of rotatable bonds is 8. The van der Waals surface area contributed by atoms with Crippen LogP contribution >= 0.6 is 11.8 Å². The summed E-state index contributed by atoms with van der Waals surface area (Å²) < 4.78 is 13.3. The molecular weight excluding hydrogens is 277 g/mol. The first-order valence-electron chi connectivity index (χ1n) is 6.92. The maximum atomic E-state index is 13.3. The zero-order valence-electron chi connectivity index (χ0n) is 11.4. The molecule has 1 fully saturated rings. The third-order valence-electron chi connectivity index (χ3n) is 3.54. The molecule has 2 N–H and O–H groups in total. The van der Waals surface area contributed by atoms with Crippen molar-refractivity contribution in [1.29, 1.82) is 0 Å². The van der Waals surface area contributed by atoms with Crippen molar-refractivity contribution in [3.8, 4) is 0 Å². The average molecular weight is 297 g/mol. The zero-order valence-corrected chi connectivity index (χ0v) is 12.2. The Bertz CT molecular complexity index is 463. The third kappa shape index (κ3) is 3.73. The van der Waals surface area contributed by atoms with Crippen LogP contribution in [-0.4, -0.2) is 35.7 Å². The van der Waals surface area contributed by atoms with Gasteiger partial charge in [-0.05, 0) is 42.7 Å². The van der Waals surface area contributed by atoms with Gasteiger partial charge in [0.1, 0.15) is 5.82 Å². The van der Waals surface area contributed by atoms with Crippen LogP contribution in [0.2, 0.25) is 0 Å². The molecule has 2 rings (SSSR count). The van der Waals surface area contributed by atoms with Crippen LogP contribution in [0.1, 0.15) is 24.8 Å². The fourth-order valence-electron chi connectivity index (χ4n) is 2.23. The minimum atomic E-state index is -0.502. The van der Waals surface area contributed by atoms with E-state index in [-0.39, 0.29) is 18.3 Å². The Kier molecular flexibility index (Phi) is 5.43. The van der Waals surface area contributed by atoms with Gasteiger partial charge in [-0.2, -0.15) is 11.8 Å². The fourth-order valence-corrected chi connectivity index (χ4v) is 3.02. The Morgan fingerprint density at radius 3 is 2.85 bits per heavy atom. The third-order valence-corrected chi connectivity index (χ3v) is 4.61. The van der Waals surface area contributed by atoms with Gasteiger partial charge in [0.05, 0.1) is 5.41 Å². The summed E-state index contributed by atoms with van der Waals surface area (Å²) in [6.45, 7) is 0.827. The minimum Gasteiger partial charge on any atom is -0.396 e. The summed E-state index contributed by atoms with van der Waals surface area (Å²) in [6.07, 6.45) is 2.37. The van der Waals surface area contributed by atoms with Crippen molar-refractivity contribution >= 4 is 17.7 Å². The summed E-state index contributed by atoms with van der Waals surface area (Å²) in [5.41, 5.74) is 0.278. The van der Waals surface area contributed by atoms with E-state index in [0.717, 1.165) is 36.3 Å². The van der Waals surface area contributed by atoms with Gasteiger partial charge >= 0.3 is 0 Å². The fraction of sp³-hybridized carbons (Fsp3) is 0.533. The minimum absolute atomic E-state index is 0.00542. The molecule has 1 aliphatic rings. The molecule has 1 aromatic carbocycles. The first-order valence-corrected chi connectivity index (χ1v) is 8.07. The van der Waals surface area contributed by atoms with Crippen LogP contribution in [0.5, 0.6) is 0 Å². The predicted octanol–water partition coefficient (Wildman–Crippen LogP) is 2.09. The second-order valence-electron chi connectivity index (χ2n) is 5.04. The summed E-state index contributed by atoms with van der Waals surface area (Å²) in [5.74, 6) is 1.46. The van der Waals surface area contributed by atoms with Crippen molar-refractivity contribution in [2.24, 2.45) is 0 Å². The molecule has 1 amide bonds. The van der Waals surface area contributed by atoms with Crippen LogP contribution in [0.4, 0.5) is 4.39 Å². The molecule has 0 atom stereocenters. The van der Waals surface area contributed by atoms with Crippen molar-refractivity contribution in [2.45, 2.75) is 24.7 Å². The van der Waals surface area contributed by atoms with Gasteiger partial charge in [0, 0.05) is 18.9 Å². The molecule has 1 aliphatic carbocycles. The molecule has 0 spiro atoms. The van der Waals surface area contributed by atoms with Crippen LogP contribution in [0.15, 0.2) is 24.3 Å². The van der Waals surface area contributed by atoms with E-state index in [9.17, 15) is 9.18 Å². The van der Waals surface area contributed by atoms with Gasteiger partial charge in [-0.3, -0.25) is 4.79 Å². The quantitative estimate of drug-likeness (QED) is 0.722. The van der Waals surface area contributed by atoms with Gasteiger partial charge in [0.15, 0.2) is 0 Å². The van der Waals surface area contributed by atoms with Gasteiger partial charge in [-0.25, -0.2) is 4.39 Å². The number of hydrogen-bond acceptors (Lipinski definition) is 3. The average Bonchev–Trinajstić information content (AvgIpc) is 3.24. The summed E-state index contributed by atoms with van der Waals surface area (Å²) in [5, 5.41) is 11.6. The number of hydrogen-bond donors (Lipinski definition) is 2. The molecule has 20 heavy (non-hydrogen) atoms. The Balaban J connectivity index is 1.80. The molecule has 0 heterocycles. The molecule has 0 aromatic heterocycles. The predicted molar refractivity (Wildman–Crippen MR) is 79.3 cm³/mol. The Morgan fingerprint density at radius 2 is 2.20 bits per heavy atom. The maximum Gasteiger partial charge on any atom is 0.230 e. The second-order valence-corrected chi connectivity index (χ2v) is 6.26. The lowest BCUT2D eigenvalue weighted by atomic mass is 9.95. The highest BCUT2D eigenvalue weighted by Gasteiger charge is 2.51. The molecule has 0 bridgehead atoms. The normalized spacial score (nSPS) is 15.9. The first-order chi connectivity index (χ1) is 9.69. The lowest BCUT2D eigenvalue weighted by Crippen LogP contribution is -2.36. The molecule has 1 aromatic rings. The van der Waals surface area contributed by atoms with Gasteiger partial charge in [0.2, 0.25) is 5.91 Å². The van der Waals surface area contributed by atoms with Gasteiger partial charge in [0.25, 0.3) is 0 Å². The van der Waals surface area contributed by atoms with Gasteiger partial charge in [-0.1, -0.05) is 12.1 Å². The molecule has 0 radical (unpaired) electrons. The van der Waals surface area contributed by atoms with Crippen LogP contribution in [0.25, 0.3) is 0 Å². The highest BCUT2D eigenvalue weighted by Crippen LogP contribution is 2.48. The van der Waals surface area contributed by atoms with Gasteiger partial charge in [-0.15, -0.1) is 0 Å². The number of aliphatic hydroxyl groups is 1. The van der Waals surface area contributed by atoms with E-state index in [1.54, 1.807) is 17.8 Å². The Hall–Kier alpha value is -1.07. The van der Waals surface area contributed by atoms with Crippen molar-refractivity contribution in [1.82, 2.24) is 5.32 Å². The van der Waals surface area contributed by atoms with Crippen LogP contribution < -0.4 is 5.32 Å². The number of carbonyl (C=O) groups excluding carboxylic acids is 1. The van der Waals surface area contributed by atoms with E-state index < -0.39 is 5.41 Å². The van der Waals surface area contributed by atoms with Gasteiger partial charge < -0.3 is 10.4 Å². The first kappa shape index (κ1) is 15.3. The monoisotopic (exact) mass is 297 g/mol. The molecule has 5 heteroatoms. The molecular formula is C15H20FNO2S. The topological polar surface area (TPSA) is 49.3 Å². The SMILES string of the molecule is O=C(NCCSCCCO)C1(c2cccc(F)c2)CC1. The number of halogens is 1. The summed E-state index contributed by atoms with van der Waals surface area (Å²) in [4.78, 5) is 12.2. The Labute approximate surface area is 123 Å². The number of thioether (sulfide) groups is 1. The maximum absolute atomic E-state index is 13.3. The van der Waals surface area contributed by atoms with E-state index >= 15 is 0 Å². The zero-order chi connectivity index (χ0) is 14.4. The van der Waals surface area contributed by atoms with Crippen LogP contribution in [0, 0.1) is 5.82 Å². The molecule has 0 saturated heterocycles. The van der Waals surface area contributed by atoms with E-state index in [4.69, 9.17) is 5.11 Å². The summed E-state index contributed by atoms with van der Waals surface area (Å²) in [6, 6.07) is 6.34. The van der Waals surface area contributed by atoms with Crippen LogP contribution in [0.3, 0.4) is 0 Å². The summed E-state index contributed by atoms with van der Waals surface area (Å²) in [7, 11) is 0. The van der Waals surface area contributed by atoms with Crippen molar-refractivity contribution in [2.75, 3.05) is 24.7 Å².